The summed E-state index contributed by atoms with van der Waals surface area (Å²) in [5.41, 5.74) is 1.46. The molecule has 0 saturated carbocycles. The van der Waals surface area contributed by atoms with Crippen LogP contribution in [0.15, 0.2) is 6.07 Å². The van der Waals surface area contributed by atoms with E-state index in [1.54, 1.807) is 10.7 Å². The van der Waals surface area contributed by atoms with Crippen LogP contribution in [0.3, 0.4) is 0 Å². The number of aromatic nitrogens is 2. The van der Waals surface area contributed by atoms with Crippen LogP contribution in [0.5, 0.6) is 0 Å². The van der Waals surface area contributed by atoms with Crippen molar-refractivity contribution in [2.24, 2.45) is 0 Å². The fourth-order valence-corrected chi connectivity index (χ4v) is 1.72. The second-order valence-electron chi connectivity index (χ2n) is 3.88. The monoisotopic (exact) mass is 249 g/mol. The summed E-state index contributed by atoms with van der Waals surface area (Å²) >= 11 is 0. The van der Waals surface area contributed by atoms with E-state index < -0.39 is 12.2 Å². The molecular formula is C11H18F3N3. The number of hydrogen-bond acceptors (Lipinski definition) is 2. The lowest BCUT2D eigenvalue weighted by Gasteiger charge is -2.19. The third-order valence-electron chi connectivity index (χ3n) is 2.73. The molecular weight excluding hydrogens is 231 g/mol. The molecule has 0 aliphatic heterocycles. The van der Waals surface area contributed by atoms with Crippen molar-refractivity contribution in [3.63, 3.8) is 0 Å². The summed E-state index contributed by atoms with van der Waals surface area (Å²) in [6, 6.07) is 0.230. The zero-order valence-corrected chi connectivity index (χ0v) is 10.3. The number of nitrogens with one attached hydrogen (secondary N) is 1. The molecule has 0 fully saturated rings. The normalized spacial score (nSPS) is 14.0. The molecule has 3 nitrogen and oxygen atoms in total. The van der Waals surface area contributed by atoms with Gasteiger partial charge in [-0.05, 0) is 26.5 Å². The minimum Gasteiger partial charge on any atom is -0.309 e. The Kier molecular flexibility index (Phi) is 4.56. The van der Waals surface area contributed by atoms with Crippen LogP contribution in [0.2, 0.25) is 0 Å². The second kappa shape index (κ2) is 5.53. The van der Waals surface area contributed by atoms with Crippen molar-refractivity contribution in [3.05, 3.63) is 17.5 Å². The maximum absolute atomic E-state index is 12.6. The van der Waals surface area contributed by atoms with Gasteiger partial charge >= 0.3 is 6.18 Å². The SMILES string of the molecule is CCc1cc(CC(NC)C(F)(F)F)n(CC)n1. The van der Waals surface area contributed by atoms with E-state index in [1.165, 1.54) is 7.05 Å². The largest absolute Gasteiger partial charge is 0.404 e. The third-order valence-corrected chi connectivity index (χ3v) is 2.73. The van der Waals surface area contributed by atoms with E-state index in [4.69, 9.17) is 0 Å². The first kappa shape index (κ1) is 14.0. The summed E-state index contributed by atoms with van der Waals surface area (Å²) in [5.74, 6) is 0. The van der Waals surface area contributed by atoms with Crippen molar-refractivity contribution in [2.75, 3.05) is 7.05 Å². The Hall–Kier alpha value is -1.04. The summed E-state index contributed by atoms with van der Waals surface area (Å²) in [5, 5.41) is 6.54. The Morgan fingerprint density at radius 3 is 2.47 bits per heavy atom. The maximum atomic E-state index is 12.6. The van der Waals surface area contributed by atoms with Crippen LogP contribution in [-0.2, 0) is 19.4 Å². The van der Waals surface area contributed by atoms with Gasteiger partial charge in [0.25, 0.3) is 0 Å². The van der Waals surface area contributed by atoms with E-state index in [9.17, 15) is 13.2 Å². The summed E-state index contributed by atoms with van der Waals surface area (Å²) in [7, 11) is 1.32. The lowest BCUT2D eigenvalue weighted by Crippen LogP contribution is -2.42. The lowest BCUT2D eigenvalue weighted by molar-refractivity contribution is -0.154. The van der Waals surface area contributed by atoms with E-state index in [0.29, 0.717) is 12.2 Å². The molecule has 0 saturated heterocycles. The van der Waals surface area contributed by atoms with E-state index in [1.807, 2.05) is 13.8 Å². The first-order valence-electron chi connectivity index (χ1n) is 5.71. The highest BCUT2D eigenvalue weighted by Gasteiger charge is 2.39. The van der Waals surface area contributed by atoms with Crippen molar-refractivity contribution in [1.82, 2.24) is 15.1 Å². The van der Waals surface area contributed by atoms with Gasteiger partial charge in [-0.25, -0.2) is 0 Å². The minimum absolute atomic E-state index is 0.0825. The highest BCUT2D eigenvalue weighted by molar-refractivity contribution is 5.12. The van der Waals surface area contributed by atoms with Gasteiger partial charge in [0.1, 0.15) is 6.04 Å². The predicted molar refractivity (Wildman–Crippen MR) is 59.9 cm³/mol. The Balaban J connectivity index is 2.89. The molecule has 0 aliphatic rings. The molecule has 6 heteroatoms. The number of rotatable bonds is 5. The van der Waals surface area contributed by atoms with Gasteiger partial charge < -0.3 is 5.32 Å². The van der Waals surface area contributed by atoms with Crippen LogP contribution < -0.4 is 5.32 Å². The Morgan fingerprint density at radius 1 is 1.41 bits per heavy atom. The summed E-state index contributed by atoms with van der Waals surface area (Å²) in [6.45, 7) is 4.40. The van der Waals surface area contributed by atoms with Crippen LogP contribution in [-0.4, -0.2) is 29.0 Å². The average molecular weight is 249 g/mol. The van der Waals surface area contributed by atoms with Crippen molar-refractivity contribution < 1.29 is 13.2 Å². The topological polar surface area (TPSA) is 29.9 Å². The summed E-state index contributed by atoms with van der Waals surface area (Å²) < 4.78 is 39.5. The highest BCUT2D eigenvalue weighted by Crippen LogP contribution is 2.23. The van der Waals surface area contributed by atoms with Gasteiger partial charge in [0, 0.05) is 18.7 Å². The fraction of sp³-hybridized carbons (Fsp3) is 0.727. The van der Waals surface area contributed by atoms with E-state index in [-0.39, 0.29) is 6.42 Å². The van der Waals surface area contributed by atoms with Gasteiger partial charge in [0.2, 0.25) is 0 Å². The molecule has 0 bridgehead atoms. The van der Waals surface area contributed by atoms with Crippen LogP contribution in [0.25, 0.3) is 0 Å². The zero-order chi connectivity index (χ0) is 13.1. The molecule has 1 aromatic heterocycles. The number of halogens is 3. The predicted octanol–water partition coefficient (Wildman–Crippen LogP) is 2.16. The quantitative estimate of drug-likeness (QED) is 0.866. The molecule has 1 aromatic rings. The smallest absolute Gasteiger partial charge is 0.309 e. The number of likely N-dealkylation sites (N-methyl/N-ethyl adjacent to an activating group) is 1. The number of nitrogens with zero attached hydrogens (tertiary/aromatic N) is 2. The van der Waals surface area contributed by atoms with E-state index >= 15 is 0 Å². The molecule has 1 unspecified atom stereocenters. The molecule has 0 spiro atoms. The average Bonchev–Trinajstić information content (AvgIpc) is 2.66. The highest BCUT2D eigenvalue weighted by atomic mass is 19.4. The first-order valence-corrected chi connectivity index (χ1v) is 5.71. The van der Waals surface area contributed by atoms with Crippen LogP contribution in [0.4, 0.5) is 13.2 Å². The van der Waals surface area contributed by atoms with Crippen molar-refractivity contribution in [3.8, 4) is 0 Å². The van der Waals surface area contributed by atoms with Crippen LogP contribution in [0.1, 0.15) is 25.2 Å². The number of aryl methyl sites for hydroxylation is 2. The second-order valence-corrected chi connectivity index (χ2v) is 3.88. The maximum Gasteiger partial charge on any atom is 0.404 e. The fourth-order valence-electron chi connectivity index (χ4n) is 1.72. The zero-order valence-electron chi connectivity index (χ0n) is 10.3. The Bertz CT molecular complexity index is 357. The molecule has 98 valence electrons. The van der Waals surface area contributed by atoms with Crippen molar-refractivity contribution in [1.29, 1.82) is 0 Å². The Morgan fingerprint density at radius 2 is 2.06 bits per heavy atom. The van der Waals surface area contributed by atoms with Gasteiger partial charge in [0.15, 0.2) is 0 Å². The molecule has 0 aromatic carbocycles. The molecule has 1 heterocycles. The van der Waals surface area contributed by atoms with E-state index in [2.05, 4.69) is 10.4 Å². The molecule has 1 atom stereocenters. The molecule has 0 radical (unpaired) electrons. The van der Waals surface area contributed by atoms with Gasteiger partial charge in [-0.15, -0.1) is 0 Å². The molecule has 17 heavy (non-hydrogen) atoms. The summed E-state index contributed by atoms with van der Waals surface area (Å²) in [6.07, 6.45) is -3.58. The third kappa shape index (κ3) is 3.46. The van der Waals surface area contributed by atoms with Gasteiger partial charge in [-0.3, -0.25) is 4.68 Å². The van der Waals surface area contributed by atoms with E-state index in [0.717, 1.165) is 12.1 Å². The number of hydrogen-bond donors (Lipinski definition) is 1. The Labute approximate surface area is 99.0 Å². The lowest BCUT2D eigenvalue weighted by atomic mass is 10.1. The number of alkyl halides is 3. The van der Waals surface area contributed by atoms with Gasteiger partial charge in [-0.1, -0.05) is 6.92 Å². The molecule has 0 amide bonds. The molecule has 0 aliphatic carbocycles. The van der Waals surface area contributed by atoms with Gasteiger partial charge in [0.05, 0.1) is 5.69 Å². The van der Waals surface area contributed by atoms with Crippen LogP contribution in [0, 0.1) is 0 Å². The van der Waals surface area contributed by atoms with Crippen molar-refractivity contribution >= 4 is 0 Å². The van der Waals surface area contributed by atoms with Crippen molar-refractivity contribution in [2.45, 2.75) is 45.5 Å². The minimum atomic E-state index is -4.23. The molecule has 1 N–H and O–H groups in total. The summed E-state index contributed by atoms with van der Waals surface area (Å²) in [4.78, 5) is 0. The standard InChI is InChI=1S/C11H18F3N3/c1-4-8-6-9(17(5-2)16-8)7-10(15-3)11(12,13)14/h6,10,15H,4-5,7H2,1-3H3. The van der Waals surface area contributed by atoms with Crippen LogP contribution >= 0.6 is 0 Å². The first-order chi connectivity index (χ1) is 7.92. The van der Waals surface area contributed by atoms with Gasteiger partial charge in [-0.2, -0.15) is 18.3 Å². The molecule has 1 rings (SSSR count).